The Kier molecular flexibility index (Phi) is 5.11. The van der Waals surface area contributed by atoms with Gasteiger partial charge in [0.2, 0.25) is 5.96 Å². The molecule has 0 bridgehead atoms. The Morgan fingerprint density at radius 3 is 2.00 bits per heavy atom. The summed E-state index contributed by atoms with van der Waals surface area (Å²) in [5.41, 5.74) is 5.51. The summed E-state index contributed by atoms with van der Waals surface area (Å²) in [5, 5.41) is 12.1. The smallest absolute Gasteiger partial charge is 0.260 e. The van der Waals surface area contributed by atoms with Crippen LogP contribution in [0.1, 0.15) is 22.7 Å². The van der Waals surface area contributed by atoms with Crippen LogP contribution in [0.5, 0.6) is 0 Å². The molecule has 2 aliphatic rings. The number of anilines is 1. The number of benzene rings is 4. The van der Waals surface area contributed by atoms with Crippen molar-refractivity contribution in [1.29, 1.82) is 0 Å². The van der Waals surface area contributed by atoms with E-state index < -0.39 is 0 Å². The van der Waals surface area contributed by atoms with E-state index in [0.29, 0.717) is 16.9 Å². The highest BCUT2D eigenvalue weighted by atomic mass is 35.5. The molecule has 37 heavy (non-hydrogen) atoms. The quantitative estimate of drug-likeness (QED) is 0.260. The molecule has 0 amide bonds. The SMILES string of the molecule is Clc1ccc(C2c3c(-c4ccccc4)noc3N=C3N(c4ccccc4)N=C(c4ccccc4)N32)cc1. The molecule has 0 saturated heterocycles. The molecule has 1 aromatic heterocycles. The Morgan fingerprint density at radius 2 is 1.32 bits per heavy atom. The zero-order valence-electron chi connectivity index (χ0n) is 19.6. The lowest BCUT2D eigenvalue weighted by atomic mass is 9.93. The summed E-state index contributed by atoms with van der Waals surface area (Å²) in [6, 6.07) is 37.8. The van der Waals surface area contributed by atoms with Crippen LogP contribution in [0.15, 0.2) is 130 Å². The van der Waals surface area contributed by atoms with Crippen LogP contribution in [0.25, 0.3) is 11.3 Å². The van der Waals surface area contributed by atoms with Gasteiger partial charge in [0.25, 0.3) is 5.88 Å². The van der Waals surface area contributed by atoms with E-state index in [1.54, 1.807) is 0 Å². The lowest BCUT2D eigenvalue weighted by Gasteiger charge is -2.34. The van der Waals surface area contributed by atoms with Gasteiger partial charge in [-0.25, -0.2) is 0 Å². The minimum Gasteiger partial charge on any atom is -0.335 e. The van der Waals surface area contributed by atoms with Crippen LogP contribution in [-0.2, 0) is 0 Å². The second-order valence-corrected chi connectivity index (χ2v) is 9.23. The molecular weight excluding hydrogens is 482 g/mol. The number of aromatic nitrogens is 1. The third-order valence-electron chi connectivity index (χ3n) is 6.54. The zero-order valence-corrected chi connectivity index (χ0v) is 20.3. The predicted octanol–water partition coefficient (Wildman–Crippen LogP) is 7.27. The standard InChI is InChI=1S/C30H20ClN5O/c31-23-18-16-21(17-19-23)27-25-26(20-10-4-1-5-11-20)34-37-29(25)32-30-35(27)28(22-12-6-2-7-13-22)33-36(30)24-14-8-3-9-15-24/h1-19,27H. The third kappa shape index (κ3) is 3.61. The van der Waals surface area contributed by atoms with E-state index in [9.17, 15) is 0 Å². The van der Waals surface area contributed by atoms with Crippen molar-refractivity contribution in [1.82, 2.24) is 10.1 Å². The van der Waals surface area contributed by atoms with Gasteiger partial charge in [0, 0.05) is 16.1 Å². The molecule has 3 heterocycles. The predicted molar refractivity (Wildman–Crippen MR) is 146 cm³/mol. The van der Waals surface area contributed by atoms with Crippen molar-refractivity contribution in [3.05, 3.63) is 137 Å². The number of hydrazone groups is 1. The summed E-state index contributed by atoms with van der Waals surface area (Å²) < 4.78 is 5.88. The second-order valence-electron chi connectivity index (χ2n) is 8.79. The molecule has 0 fully saturated rings. The number of aliphatic imine (C=N–C) groups is 1. The van der Waals surface area contributed by atoms with Crippen LogP contribution in [0, 0.1) is 0 Å². The van der Waals surface area contributed by atoms with Gasteiger partial charge in [0.05, 0.1) is 17.3 Å². The summed E-state index contributed by atoms with van der Waals surface area (Å²) in [4.78, 5) is 7.14. The lowest BCUT2D eigenvalue weighted by molar-refractivity contribution is 0.422. The average molecular weight is 502 g/mol. The summed E-state index contributed by atoms with van der Waals surface area (Å²) in [6.45, 7) is 0. The first kappa shape index (κ1) is 21.6. The van der Waals surface area contributed by atoms with Crippen LogP contribution >= 0.6 is 11.6 Å². The highest BCUT2D eigenvalue weighted by Gasteiger charge is 2.45. The summed E-state index contributed by atoms with van der Waals surface area (Å²) >= 11 is 6.30. The van der Waals surface area contributed by atoms with Crippen LogP contribution in [0.3, 0.4) is 0 Å². The second kappa shape index (κ2) is 8.76. The Balaban J connectivity index is 1.50. The molecule has 4 aromatic carbocycles. The summed E-state index contributed by atoms with van der Waals surface area (Å²) in [5.74, 6) is 1.90. The maximum Gasteiger partial charge on any atom is 0.260 e. The van der Waals surface area contributed by atoms with Gasteiger partial charge < -0.3 is 4.52 Å². The van der Waals surface area contributed by atoms with E-state index in [1.807, 2.05) is 108 Å². The Morgan fingerprint density at radius 1 is 0.703 bits per heavy atom. The molecule has 0 aliphatic carbocycles. The Bertz CT molecular complexity index is 1630. The molecule has 5 aromatic rings. The molecule has 0 saturated carbocycles. The van der Waals surface area contributed by atoms with E-state index in [2.05, 4.69) is 22.2 Å². The van der Waals surface area contributed by atoms with Gasteiger partial charge in [0.15, 0.2) is 5.84 Å². The minimum atomic E-state index is -0.297. The van der Waals surface area contributed by atoms with E-state index in [1.165, 1.54) is 0 Å². The van der Waals surface area contributed by atoms with E-state index in [-0.39, 0.29) is 6.04 Å². The first-order valence-electron chi connectivity index (χ1n) is 12.0. The first-order valence-corrected chi connectivity index (χ1v) is 12.3. The molecule has 7 rings (SSSR count). The maximum absolute atomic E-state index is 6.30. The topological polar surface area (TPSA) is 57.2 Å². The fourth-order valence-electron chi connectivity index (χ4n) is 4.85. The Labute approximate surface area is 218 Å². The molecular formula is C30H20ClN5O. The number of para-hydroxylation sites is 1. The van der Waals surface area contributed by atoms with Crippen molar-refractivity contribution in [2.24, 2.45) is 10.1 Å². The fraction of sp³-hybridized carbons (Fsp3) is 0.0333. The van der Waals surface area contributed by atoms with Gasteiger partial charge in [-0.15, -0.1) is 5.10 Å². The molecule has 2 aliphatic heterocycles. The summed E-state index contributed by atoms with van der Waals surface area (Å²) in [7, 11) is 0. The number of nitrogens with zero attached hydrogens (tertiary/aromatic N) is 5. The van der Waals surface area contributed by atoms with Crippen LogP contribution in [-0.4, -0.2) is 21.9 Å². The van der Waals surface area contributed by atoms with Gasteiger partial charge in [0.1, 0.15) is 5.69 Å². The van der Waals surface area contributed by atoms with Gasteiger partial charge >= 0.3 is 0 Å². The number of hydrogen-bond donors (Lipinski definition) is 0. The molecule has 7 heteroatoms. The van der Waals surface area contributed by atoms with E-state index in [0.717, 1.165) is 39.5 Å². The highest BCUT2D eigenvalue weighted by molar-refractivity contribution is 6.30. The molecule has 1 unspecified atom stereocenters. The molecule has 0 N–H and O–H groups in total. The first-order chi connectivity index (χ1) is 18.3. The van der Waals surface area contributed by atoms with E-state index in [4.69, 9.17) is 26.2 Å². The van der Waals surface area contributed by atoms with Crippen molar-refractivity contribution in [2.75, 3.05) is 5.01 Å². The third-order valence-corrected chi connectivity index (χ3v) is 6.79. The number of halogens is 1. The average Bonchev–Trinajstić information content (AvgIpc) is 3.56. The molecule has 0 spiro atoms. The maximum atomic E-state index is 6.30. The zero-order chi connectivity index (χ0) is 24.8. The highest BCUT2D eigenvalue weighted by Crippen LogP contribution is 2.47. The molecule has 178 valence electrons. The molecule has 6 nitrogen and oxygen atoms in total. The summed E-state index contributed by atoms with van der Waals surface area (Å²) in [6.07, 6.45) is 0. The minimum absolute atomic E-state index is 0.297. The van der Waals surface area contributed by atoms with Gasteiger partial charge in [-0.2, -0.15) is 10.0 Å². The van der Waals surface area contributed by atoms with Gasteiger partial charge in [-0.3, -0.25) is 4.90 Å². The van der Waals surface area contributed by atoms with Crippen molar-refractivity contribution in [3.8, 4) is 11.3 Å². The number of amidine groups is 1. The lowest BCUT2D eigenvalue weighted by Crippen LogP contribution is -2.43. The monoisotopic (exact) mass is 501 g/mol. The van der Waals surface area contributed by atoms with Crippen LogP contribution < -0.4 is 5.01 Å². The fourth-order valence-corrected chi connectivity index (χ4v) is 4.98. The number of guanidine groups is 1. The van der Waals surface area contributed by atoms with Gasteiger partial charge in [-0.1, -0.05) is 108 Å². The van der Waals surface area contributed by atoms with Crippen molar-refractivity contribution < 1.29 is 4.52 Å². The molecule has 0 radical (unpaired) electrons. The number of rotatable bonds is 4. The van der Waals surface area contributed by atoms with Crippen LogP contribution in [0.2, 0.25) is 5.02 Å². The molecule has 1 atom stereocenters. The van der Waals surface area contributed by atoms with Crippen molar-refractivity contribution in [2.45, 2.75) is 6.04 Å². The van der Waals surface area contributed by atoms with E-state index >= 15 is 0 Å². The largest absolute Gasteiger partial charge is 0.335 e. The van der Waals surface area contributed by atoms with Gasteiger partial charge in [-0.05, 0) is 29.8 Å². The number of hydrogen-bond acceptors (Lipinski definition) is 6. The van der Waals surface area contributed by atoms with Crippen LogP contribution in [0.4, 0.5) is 11.6 Å². The normalized spacial score (nSPS) is 16.2. The van der Waals surface area contributed by atoms with Crippen molar-refractivity contribution in [3.63, 3.8) is 0 Å². The number of fused-ring (bicyclic) bond motifs is 2. The Hall–Kier alpha value is -4.68. The van der Waals surface area contributed by atoms with Crippen molar-refractivity contribution >= 4 is 35.0 Å².